The zero-order valence-electron chi connectivity index (χ0n) is 14.1. The monoisotopic (exact) mass is 399 g/mol. The molecule has 0 saturated carbocycles. The molecule has 7 nitrogen and oxygen atoms in total. The van der Waals surface area contributed by atoms with Crippen molar-refractivity contribution in [3.05, 3.63) is 58.1 Å². The van der Waals surface area contributed by atoms with Crippen LogP contribution in [0.15, 0.2) is 46.8 Å². The summed E-state index contributed by atoms with van der Waals surface area (Å²) in [5, 5.41) is 10.7. The maximum absolute atomic E-state index is 12.8. The molecule has 0 spiro atoms. The fraction of sp³-hybridized carbons (Fsp3) is 0.167. The van der Waals surface area contributed by atoms with Crippen molar-refractivity contribution < 1.29 is 14.5 Å². The van der Waals surface area contributed by atoms with Crippen LogP contribution in [0.1, 0.15) is 12.0 Å². The van der Waals surface area contributed by atoms with Crippen molar-refractivity contribution in [3.63, 3.8) is 0 Å². The van der Waals surface area contributed by atoms with Crippen molar-refractivity contribution in [1.29, 1.82) is 0 Å². The summed E-state index contributed by atoms with van der Waals surface area (Å²) in [5.74, 6) is -0.887. The molecule has 0 bridgehead atoms. The van der Waals surface area contributed by atoms with Crippen molar-refractivity contribution in [3.8, 4) is 0 Å². The lowest BCUT2D eigenvalue weighted by Crippen LogP contribution is -2.31. The molecule has 1 fully saturated rings. The Kier molecular flexibility index (Phi) is 4.40. The molecule has 2 heterocycles. The fourth-order valence-corrected chi connectivity index (χ4v) is 5.28. The fourth-order valence-electron chi connectivity index (χ4n) is 2.94. The number of benzene rings is 2. The summed E-state index contributed by atoms with van der Waals surface area (Å²) in [6.07, 6.45) is -0.00947. The summed E-state index contributed by atoms with van der Waals surface area (Å²) >= 11 is 2.69. The molecule has 2 amide bonds. The molecule has 0 aliphatic carbocycles. The molecule has 1 aliphatic rings. The molecular formula is C18H13N3O4S2. The van der Waals surface area contributed by atoms with Gasteiger partial charge in [-0.15, -0.1) is 11.3 Å². The van der Waals surface area contributed by atoms with Crippen LogP contribution in [0.25, 0.3) is 10.2 Å². The highest BCUT2D eigenvalue weighted by atomic mass is 32.2. The van der Waals surface area contributed by atoms with E-state index in [1.807, 2.05) is 24.3 Å². The van der Waals surface area contributed by atoms with Gasteiger partial charge in [0.15, 0.2) is 4.34 Å². The number of para-hydroxylation sites is 1. The zero-order chi connectivity index (χ0) is 19.1. The quantitative estimate of drug-likeness (QED) is 0.375. The Morgan fingerprint density at radius 3 is 2.78 bits per heavy atom. The van der Waals surface area contributed by atoms with Gasteiger partial charge in [-0.3, -0.25) is 19.7 Å². The topological polar surface area (TPSA) is 93.4 Å². The number of nitro groups is 1. The van der Waals surface area contributed by atoms with E-state index in [2.05, 4.69) is 4.98 Å². The summed E-state index contributed by atoms with van der Waals surface area (Å²) in [6, 6.07) is 12.1. The Morgan fingerprint density at radius 2 is 2.04 bits per heavy atom. The minimum atomic E-state index is -0.640. The average molecular weight is 399 g/mol. The number of thioether (sulfide) groups is 1. The van der Waals surface area contributed by atoms with Crippen LogP contribution in [0.3, 0.4) is 0 Å². The van der Waals surface area contributed by atoms with Crippen LogP contribution in [0.5, 0.6) is 0 Å². The Hall–Kier alpha value is -2.78. The lowest BCUT2D eigenvalue weighted by molar-refractivity contribution is -0.384. The number of carbonyl (C=O) groups excluding carboxylic acids is 2. The number of carbonyl (C=O) groups is 2. The predicted molar refractivity (Wildman–Crippen MR) is 104 cm³/mol. The first-order chi connectivity index (χ1) is 12.9. The van der Waals surface area contributed by atoms with Crippen molar-refractivity contribution in [2.75, 3.05) is 4.90 Å². The molecule has 1 unspecified atom stereocenters. The van der Waals surface area contributed by atoms with E-state index in [1.54, 1.807) is 13.0 Å². The molecule has 136 valence electrons. The van der Waals surface area contributed by atoms with E-state index < -0.39 is 22.0 Å². The maximum atomic E-state index is 12.8. The van der Waals surface area contributed by atoms with Crippen molar-refractivity contribution >= 4 is 56.5 Å². The molecule has 3 aromatic rings. The summed E-state index contributed by atoms with van der Waals surface area (Å²) in [6.45, 7) is 1.72. The third-order valence-corrected chi connectivity index (χ3v) is 6.51. The number of hydrogen-bond donors (Lipinski definition) is 0. The Labute approximate surface area is 162 Å². The highest BCUT2D eigenvalue weighted by Crippen LogP contribution is 2.39. The first-order valence-corrected chi connectivity index (χ1v) is 9.78. The third kappa shape index (κ3) is 3.19. The zero-order valence-corrected chi connectivity index (χ0v) is 15.8. The van der Waals surface area contributed by atoms with Crippen LogP contribution in [0, 0.1) is 17.0 Å². The van der Waals surface area contributed by atoms with E-state index >= 15 is 0 Å². The Bertz CT molecular complexity index is 1060. The van der Waals surface area contributed by atoms with E-state index in [9.17, 15) is 19.7 Å². The largest absolute Gasteiger partial charge is 0.293 e. The van der Waals surface area contributed by atoms with Gasteiger partial charge in [-0.2, -0.15) is 0 Å². The van der Waals surface area contributed by atoms with Crippen LogP contribution in [0.4, 0.5) is 11.4 Å². The minimum Gasteiger partial charge on any atom is -0.274 e. The number of imide groups is 1. The van der Waals surface area contributed by atoms with Gasteiger partial charge >= 0.3 is 0 Å². The van der Waals surface area contributed by atoms with E-state index in [0.717, 1.165) is 15.1 Å². The van der Waals surface area contributed by atoms with Gasteiger partial charge in [0.25, 0.3) is 5.69 Å². The van der Waals surface area contributed by atoms with Crippen LogP contribution in [0.2, 0.25) is 0 Å². The molecular weight excluding hydrogens is 386 g/mol. The van der Waals surface area contributed by atoms with E-state index in [-0.39, 0.29) is 17.8 Å². The standard InChI is InChI=1S/C18H13N3O4S2/c1-10-6-7-12(13(8-10)21(24)25)20-16(22)9-15(17(20)23)27-18-19-11-4-2-3-5-14(11)26-18/h2-8,15H,9H2,1H3. The number of nitrogens with zero attached hydrogens (tertiary/aromatic N) is 3. The molecule has 0 N–H and O–H groups in total. The van der Waals surface area contributed by atoms with E-state index in [4.69, 9.17) is 0 Å². The van der Waals surface area contributed by atoms with Gasteiger partial charge in [-0.05, 0) is 30.7 Å². The number of thiazole rings is 1. The average Bonchev–Trinajstić information content (AvgIpc) is 3.15. The Balaban J connectivity index is 1.63. The lowest BCUT2D eigenvalue weighted by atomic mass is 10.2. The SMILES string of the molecule is Cc1ccc(N2C(=O)CC(Sc3nc4ccccc4s3)C2=O)c([N+](=O)[O-])c1. The lowest BCUT2D eigenvalue weighted by Gasteiger charge is -2.15. The van der Waals surface area contributed by atoms with Gasteiger partial charge in [0, 0.05) is 12.5 Å². The van der Waals surface area contributed by atoms with E-state index in [0.29, 0.717) is 9.90 Å². The number of nitro benzene ring substituents is 1. The second-order valence-electron chi connectivity index (χ2n) is 6.07. The molecule has 9 heteroatoms. The summed E-state index contributed by atoms with van der Waals surface area (Å²) < 4.78 is 1.70. The summed E-state index contributed by atoms with van der Waals surface area (Å²) in [4.78, 5) is 41.5. The summed E-state index contributed by atoms with van der Waals surface area (Å²) in [7, 11) is 0. The van der Waals surface area contributed by atoms with Gasteiger partial charge in [-0.1, -0.05) is 30.0 Å². The molecule has 1 saturated heterocycles. The van der Waals surface area contributed by atoms with Crippen LogP contribution in [-0.4, -0.2) is 27.0 Å². The number of hydrogen-bond acceptors (Lipinski definition) is 7. The second-order valence-corrected chi connectivity index (χ2v) is 8.56. The van der Waals surface area contributed by atoms with Crippen molar-refractivity contribution in [2.45, 2.75) is 22.9 Å². The van der Waals surface area contributed by atoms with Crippen LogP contribution in [-0.2, 0) is 9.59 Å². The van der Waals surface area contributed by atoms with Gasteiger partial charge in [0.05, 0.1) is 15.1 Å². The predicted octanol–water partition coefficient (Wildman–Crippen LogP) is 3.94. The first kappa shape index (κ1) is 17.6. The smallest absolute Gasteiger partial charge is 0.274 e. The molecule has 1 aliphatic heterocycles. The number of fused-ring (bicyclic) bond motifs is 1. The van der Waals surface area contributed by atoms with E-state index in [1.165, 1.54) is 35.2 Å². The second kappa shape index (κ2) is 6.75. The number of amides is 2. The molecule has 1 atom stereocenters. The van der Waals surface area contributed by atoms with Crippen molar-refractivity contribution in [2.24, 2.45) is 0 Å². The van der Waals surface area contributed by atoms with Crippen molar-refractivity contribution in [1.82, 2.24) is 4.98 Å². The molecule has 27 heavy (non-hydrogen) atoms. The highest BCUT2D eigenvalue weighted by molar-refractivity contribution is 8.02. The number of anilines is 1. The van der Waals surface area contributed by atoms with Crippen LogP contribution >= 0.6 is 23.1 Å². The number of aryl methyl sites for hydroxylation is 1. The normalized spacial score (nSPS) is 17.1. The molecule has 4 rings (SSSR count). The van der Waals surface area contributed by atoms with Gasteiger partial charge in [-0.25, -0.2) is 9.88 Å². The van der Waals surface area contributed by atoms with Gasteiger partial charge in [0.2, 0.25) is 11.8 Å². The molecule has 1 aromatic heterocycles. The van der Waals surface area contributed by atoms with Gasteiger partial charge < -0.3 is 0 Å². The third-order valence-electron chi connectivity index (χ3n) is 4.19. The Morgan fingerprint density at radius 1 is 1.26 bits per heavy atom. The van der Waals surface area contributed by atoms with Crippen LogP contribution < -0.4 is 4.90 Å². The van der Waals surface area contributed by atoms with Gasteiger partial charge in [0.1, 0.15) is 10.9 Å². The minimum absolute atomic E-state index is 0.00947. The maximum Gasteiger partial charge on any atom is 0.293 e. The molecule has 0 radical (unpaired) electrons. The highest BCUT2D eigenvalue weighted by Gasteiger charge is 2.43. The number of rotatable bonds is 4. The first-order valence-electron chi connectivity index (χ1n) is 8.08. The summed E-state index contributed by atoms with van der Waals surface area (Å²) in [5.41, 5.74) is 1.30. The molecule has 2 aromatic carbocycles. The number of aromatic nitrogens is 1.